The van der Waals surface area contributed by atoms with Crippen LogP contribution in [0.25, 0.3) is 0 Å². The highest BCUT2D eigenvalue weighted by molar-refractivity contribution is 9.10. The summed E-state index contributed by atoms with van der Waals surface area (Å²) in [4.78, 5) is 6.98. The van der Waals surface area contributed by atoms with Crippen LogP contribution >= 0.6 is 27.3 Å². The van der Waals surface area contributed by atoms with Crippen molar-refractivity contribution in [3.05, 3.63) is 20.8 Å². The van der Waals surface area contributed by atoms with Crippen LogP contribution in [0.4, 0.5) is 0 Å². The highest BCUT2D eigenvalue weighted by Crippen LogP contribution is 2.29. The summed E-state index contributed by atoms with van der Waals surface area (Å²) >= 11 is 5.29. The van der Waals surface area contributed by atoms with Gasteiger partial charge in [0.15, 0.2) is 0 Å². The smallest absolute Gasteiger partial charge is 0.0790 e. The van der Waals surface area contributed by atoms with Gasteiger partial charge in [-0.2, -0.15) is 5.48 Å². The summed E-state index contributed by atoms with van der Waals surface area (Å²) in [6.07, 6.45) is 5.44. The zero-order chi connectivity index (χ0) is 10.7. The molecule has 0 amide bonds. The molecule has 4 heteroatoms. The van der Waals surface area contributed by atoms with Gasteiger partial charge in [-0.1, -0.05) is 12.8 Å². The second-order valence-electron chi connectivity index (χ2n) is 4.00. The number of nitrogens with one attached hydrogen (secondary N) is 1. The normalized spacial score (nSPS) is 19.6. The fraction of sp³-hybridized carbons (Fsp3) is 0.636. The van der Waals surface area contributed by atoms with Crippen molar-refractivity contribution in [3.8, 4) is 0 Å². The van der Waals surface area contributed by atoms with Gasteiger partial charge in [0.25, 0.3) is 0 Å². The maximum absolute atomic E-state index is 5.68. The lowest BCUT2D eigenvalue weighted by Crippen LogP contribution is -2.24. The van der Waals surface area contributed by atoms with E-state index < -0.39 is 0 Å². The molecule has 1 unspecified atom stereocenters. The van der Waals surface area contributed by atoms with Crippen LogP contribution in [0.3, 0.4) is 0 Å². The predicted octanol–water partition coefficient (Wildman–Crippen LogP) is 4.04. The van der Waals surface area contributed by atoms with E-state index in [0.717, 1.165) is 0 Å². The summed E-state index contributed by atoms with van der Waals surface area (Å²) in [6.45, 7) is 2.13. The fourth-order valence-electron chi connectivity index (χ4n) is 1.87. The molecule has 0 spiro atoms. The van der Waals surface area contributed by atoms with Crippen LogP contribution in [-0.2, 0) is 4.84 Å². The van der Waals surface area contributed by atoms with Crippen molar-refractivity contribution in [1.82, 2.24) is 5.48 Å². The SMILES string of the molecule is CC(NOC1CCCC1)c1sccc1Br. The van der Waals surface area contributed by atoms with Crippen LogP contribution in [0.2, 0.25) is 0 Å². The minimum Gasteiger partial charge on any atom is -0.298 e. The molecule has 0 bridgehead atoms. The minimum absolute atomic E-state index is 0.264. The van der Waals surface area contributed by atoms with Gasteiger partial charge in [-0.05, 0) is 47.1 Å². The van der Waals surface area contributed by atoms with E-state index in [4.69, 9.17) is 4.84 Å². The van der Waals surface area contributed by atoms with Crippen molar-refractivity contribution in [2.45, 2.75) is 44.8 Å². The van der Waals surface area contributed by atoms with E-state index in [2.05, 4.69) is 39.8 Å². The average Bonchev–Trinajstić information content (AvgIpc) is 2.84. The summed E-state index contributed by atoms with van der Waals surface area (Å²) in [5.41, 5.74) is 3.15. The summed E-state index contributed by atoms with van der Waals surface area (Å²) in [5, 5.41) is 2.09. The van der Waals surface area contributed by atoms with Gasteiger partial charge in [0, 0.05) is 9.35 Å². The first-order valence-corrected chi connectivity index (χ1v) is 7.08. The van der Waals surface area contributed by atoms with Crippen LogP contribution in [-0.4, -0.2) is 6.10 Å². The Bertz CT molecular complexity index is 309. The van der Waals surface area contributed by atoms with Crippen LogP contribution in [0.1, 0.15) is 43.5 Å². The molecule has 84 valence electrons. The van der Waals surface area contributed by atoms with Crippen LogP contribution in [0.15, 0.2) is 15.9 Å². The molecular weight excluding hydrogens is 274 g/mol. The number of thiophene rings is 1. The van der Waals surface area contributed by atoms with Gasteiger partial charge in [-0.3, -0.25) is 4.84 Å². The summed E-state index contributed by atoms with van der Waals surface area (Å²) < 4.78 is 1.17. The Hall–Kier alpha value is 0.100. The molecule has 0 radical (unpaired) electrons. The molecule has 15 heavy (non-hydrogen) atoms. The molecule has 2 nitrogen and oxygen atoms in total. The molecule has 1 atom stereocenters. The van der Waals surface area contributed by atoms with Crippen LogP contribution < -0.4 is 5.48 Å². The standard InChI is InChI=1S/C11H16BrNOS/c1-8(11-10(12)6-7-15-11)13-14-9-4-2-3-5-9/h6-9,13H,2-5H2,1H3. The highest BCUT2D eigenvalue weighted by atomic mass is 79.9. The maximum Gasteiger partial charge on any atom is 0.0790 e. The van der Waals surface area contributed by atoms with Crippen molar-refractivity contribution in [1.29, 1.82) is 0 Å². The van der Waals surface area contributed by atoms with Crippen molar-refractivity contribution >= 4 is 27.3 Å². The molecule has 1 aromatic heterocycles. The number of hydrogen-bond donors (Lipinski definition) is 1. The van der Waals surface area contributed by atoms with E-state index in [9.17, 15) is 0 Å². The predicted molar refractivity (Wildman–Crippen MR) is 66.9 cm³/mol. The van der Waals surface area contributed by atoms with E-state index >= 15 is 0 Å². The monoisotopic (exact) mass is 289 g/mol. The number of hydrogen-bond acceptors (Lipinski definition) is 3. The summed E-state index contributed by atoms with van der Waals surface area (Å²) in [6, 6.07) is 2.34. The Kier molecular flexibility index (Phi) is 4.20. The molecule has 0 aromatic carbocycles. The lowest BCUT2D eigenvalue weighted by molar-refractivity contribution is -0.0372. The minimum atomic E-state index is 0.264. The molecule has 1 aromatic rings. The lowest BCUT2D eigenvalue weighted by atomic mass is 10.3. The molecule has 0 saturated heterocycles. The van der Waals surface area contributed by atoms with Gasteiger partial charge < -0.3 is 0 Å². The zero-order valence-corrected chi connectivity index (χ0v) is 11.2. The molecule has 0 aliphatic heterocycles. The second-order valence-corrected chi connectivity index (χ2v) is 5.80. The topological polar surface area (TPSA) is 21.3 Å². The van der Waals surface area contributed by atoms with Crippen molar-refractivity contribution in [3.63, 3.8) is 0 Å². The molecule has 1 aliphatic carbocycles. The first-order valence-electron chi connectivity index (χ1n) is 5.41. The summed E-state index contributed by atoms with van der Waals surface area (Å²) in [5.74, 6) is 0. The molecule has 1 fully saturated rings. The Balaban J connectivity index is 1.81. The molecule has 1 heterocycles. The zero-order valence-electron chi connectivity index (χ0n) is 8.83. The van der Waals surface area contributed by atoms with Gasteiger partial charge >= 0.3 is 0 Å². The molecule has 1 saturated carbocycles. The number of rotatable bonds is 4. The van der Waals surface area contributed by atoms with Gasteiger partial charge in [-0.15, -0.1) is 11.3 Å². The molecule has 1 aliphatic rings. The van der Waals surface area contributed by atoms with Crippen molar-refractivity contribution in [2.24, 2.45) is 0 Å². The van der Waals surface area contributed by atoms with Gasteiger partial charge in [0.05, 0.1) is 12.1 Å². The molecule has 1 N–H and O–H groups in total. The van der Waals surface area contributed by atoms with E-state index in [1.54, 1.807) is 11.3 Å². The number of halogens is 1. The van der Waals surface area contributed by atoms with E-state index in [1.807, 2.05) is 0 Å². The van der Waals surface area contributed by atoms with Crippen molar-refractivity contribution in [2.75, 3.05) is 0 Å². The third-order valence-corrected chi connectivity index (χ3v) is 4.81. The Morgan fingerprint density at radius 1 is 1.53 bits per heavy atom. The van der Waals surface area contributed by atoms with E-state index in [-0.39, 0.29) is 6.04 Å². The largest absolute Gasteiger partial charge is 0.298 e. The Morgan fingerprint density at radius 3 is 2.87 bits per heavy atom. The van der Waals surface area contributed by atoms with Gasteiger partial charge in [0.2, 0.25) is 0 Å². The molecule has 2 rings (SSSR count). The van der Waals surface area contributed by atoms with Crippen LogP contribution in [0, 0.1) is 0 Å². The van der Waals surface area contributed by atoms with Gasteiger partial charge in [0.1, 0.15) is 0 Å². The highest BCUT2D eigenvalue weighted by Gasteiger charge is 2.18. The molecular formula is C11H16BrNOS. The Morgan fingerprint density at radius 2 is 2.27 bits per heavy atom. The van der Waals surface area contributed by atoms with E-state index in [1.165, 1.54) is 35.0 Å². The maximum atomic E-state index is 5.68. The number of hydroxylamine groups is 1. The Labute approximate surface area is 103 Å². The van der Waals surface area contributed by atoms with Crippen molar-refractivity contribution < 1.29 is 4.84 Å². The third-order valence-electron chi connectivity index (χ3n) is 2.75. The quantitative estimate of drug-likeness (QED) is 0.845. The van der Waals surface area contributed by atoms with Crippen LogP contribution in [0.5, 0.6) is 0 Å². The first-order chi connectivity index (χ1) is 7.27. The second kappa shape index (κ2) is 5.43. The average molecular weight is 290 g/mol. The summed E-state index contributed by atoms with van der Waals surface area (Å²) in [7, 11) is 0. The van der Waals surface area contributed by atoms with Gasteiger partial charge in [-0.25, -0.2) is 0 Å². The van der Waals surface area contributed by atoms with E-state index in [0.29, 0.717) is 6.10 Å². The lowest BCUT2D eigenvalue weighted by Gasteiger charge is -2.16. The third kappa shape index (κ3) is 3.03. The fourth-order valence-corrected chi connectivity index (χ4v) is 3.59. The first kappa shape index (κ1) is 11.6.